The van der Waals surface area contributed by atoms with E-state index in [-0.39, 0.29) is 5.91 Å². The van der Waals surface area contributed by atoms with Crippen molar-refractivity contribution in [3.8, 4) is 11.1 Å². The van der Waals surface area contributed by atoms with E-state index in [0.29, 0.717) is 5.56 Å². The molecule has 5 rings (SSSR count). The minimum absolute atomic E-state index is 0.0668. The molecule has 2 aliphatic rings. The van der Waals surface area contributed by atoms with E-state index in [1.165, 1.54) is 34.4 Å². The second-order valence-corrected chi connectivity index (χ2v) is 8.87. The van der Waals surface area contributed by atoms with Crippen molar-refractivity contribution in [3.63, 3.8) is 0 Å². The lowest BCUT2D eigenvalue weighted by Crippen LogP contribution is -2.19. The van der Waals surface area contributed by atoms with Gasteiger partial charge >= 0.3 is 0 Å². The van der Waals surface area contributed by atoms with Crippen LogP contribution in [-0.4, -0.2) is 29.8 Å². The number of benzene rings is 3. The molecule has 0 aliphatic carbocycles. The third-order valence-corrected chi connectivity index (χ3v) is 6.73. The number of carbonyl (C=O) groups is 1. The number of likely N-dealkylation sites (tertiary alicyclic amines) is 1. The molecule has 30 heavy (non-hydrogen) atoms. The third-order valence-electron chi connectivity index (χ3n) is 5.77. The Morgan fingerprint density at radius 1 is 1.00 bits per heavy atom. The Balaban J connectivity index is 1.42. The first kappa shape index (κ1) is 19.2. The largest absolute Gasteiger partial charge is 0.375 e. The van der Waals surface area contributed by atoms with Crippen LogP contribution in [0, 0.1) is 0 Å². The highest BCUT2D eigenvalue weighted by atomic mass is 32.2. The van der Waals surface area contributed by atoms with Crippen LogP contribution >= 0.6 is 11.8 Å². The molecular weight excluding hydrogens is 390 g/mol. The van der Waals surface area contributed by atoms with Gasteiger partial charge < -0.3 is 10.6 Å². The summed E-state index contributed by atoms with van der Waals surface area (Å²) >= 11 is 1.78. The normalized spacial score (nSPS) is 15.6. The zero-order chi connectivity index (χ0) is 20.3. The summed E-state index contributed by atoms with van der Waals surface area (Å²) in [6.45, 7) is 3.14. The molecule has 0 aromatic heterocycles. The highest BCUT2D eigenvalue weighted by Crippen LogP contribution is 2.35. The minimum Gasteiger partial charge on any atom is -0.375 e. The van der Waals surface area contributed by atoms with Crippen molar-refractivity contribution in [2.45, 2.75) is 24.3 Å². The van der Waals surface area contributed by atoms with Crippen LogP contribution in [0.15, 0.2) is 71.6 Å². The summed E-state index contributed by atoms with van der Waals surface area (Å²) in [5.41, 5.74) is 6.22. The fourth-order valence-electron chi connectivity index (χ4n) is 4.21. The summed E-state index contributed by atoms with van der Waals surface area (Å²) < 4.78 is 0. The van der Waals surface area contributed by atoms with E-state index in [2.05, 4.69) is 58.0 Å². The molecule has 0 unspecified atom stereocenters. The molecule has 5 heteroatoms. The first-order chi connectivity index (χ1) is 14.8. The number of hydrogen-bond acceptors (Lipinski definition) is 4. The Hall–Kier alpha value is -2.76. The zero-order valence-electron chi connectivity index (χ0n) is 16.9. The van der Waals surface area contributed by atoms with E-state index in [1.54, 1.807) is 11.8 Å². The van der Waals surface area contributed by atoms with Crippen LogP contribution < -0.4 is 10.6 Å². The number of rotatable bonds is 5. The Bertz CT molecular complexity index is 1060. The Labute approximate surface area is 181 Å². The van der Waals surface area contributed by atoms with Gasteiger partial charge in [-0.05, 0) is 73.0 Å². The second kappa shape index (κ2) is 8.54. The summed E-state index contributed by atoms with van der Waals surface area (Å²) in [4.78, 5) is 16.7. The lowest BCUT2D eigenvalue weighted by molar-refractivity contribution is 0.102. The molecule has 2 aliphatic heterocycles. The summed E-state index contributed by atoms with van der Waals surface area (Å²) in [5.74, 6) is 0.816. The number of amides is 1. The highest BCUT2D eigenvalue weighted by molar-refractivity contribution is 7.99. The summed E-state index contributed by atoms with van der Waals surface area (Å²) in [7, 11) is 0. The van der Waals surface area contributed by atoms with E-state index in [0.717, 1.165) is 36.9 Å². The Morgan fingerprint density at radius 3 is 2.67 bits per heavy atom. The number of carbonyl (C=O) groups excluding carboxylic acids is 1. The predicted octanol–water partition coefficient (Wildman–Crippen LogP) is 5.68. The lowest BCUT2D eigenvalue weighted by Gasteiger charge is -2.19. The van der Waals surface area contributed by atoms with Gasteiger partial charge in [0.2, 0.25) is 0 Å². The van der Waals surface area contributed by atoms with Crippen molar-refractivity contribution in [3.05, 3.63) is 77.9 Å². The molecule has 1 amide bonds. The fourth-order valence-corrected chi connectivity index (χ4v) is 5.05. The molecule has 0 atom stereocenters. The second-order valence-electron chi connectivity index (χ2n) is 7.85. The molecule has 0 radical (unpaired) electrons. The lowest BCUT2D eigenvalue weighted by atomic mass is 9.96. The molecule has 0 bridgehead atoms. The van der Waals surface area contributed by atoms with Crippen LogP contribution in [0.4, 0.5) is 11.4 Å². The van der Waals surface area contributed by atoms with Crippen LogP contribution in [0.25, 0.3) is 11.1 Å². The average Bonchev–Trinajstić information content (AvgIpc) is 3.46. The summed E-state index contributed by atoms with van der Waals surface area (Å²) in [6, 6.07) is 22.6. The van der Waals surface area contributed by atoms with Gasteiger partial charge in [0, 0.05) is 22.7 Å². The van der Waals surface area contributed by atoms with E-state index in [1.807, 2.05) is 24.3 Å². The summed E-state index contributed by atoms with van der Waals surface area (Å²) in [5, 5.41) is 6.40. The molecule has 1 saturated heterocycles. The van der Waals surface area contributed by atoms with Crippen LogP contribution in [0.2, 0.25) is 0 Å². The van der Waals surface area contributed by atoms with E-state index in [9.17, 15) is 4.79 Å². The number of nitrogens with one attached hydrogen (secondary N) is 2. The number of anilines is 2. The maximum absolute atomic E-state index is 13.0. The van der Waals surface area contributed by atoms with Gasteiger partial charge in [-0.1, -0.05) is 36.4 Å². The maximum Gasteiger partial charge on any atom is 0.255 e. The molecule has 3 aromatic rings. The van der Waals surface area contributed by atoms with E-state index < -0.39 is 0 Å². The molecule has 2 heterocycles. The van der Waals surface area contributed by atoms with Crippen LogP contribution in [-0.2, 0) is 6.54 Å². The summed E-state index contributed by atoms with van der Waals surface area (Å²) in [6.07, 6.45) is 2.51. The van der Waals surface area contributed by atoms with Crippen LogP contribution in [0.5, 0.6) is 0 Å². The van der Waals surface area contributed by atoms with Gasteiger partial charge in [-0.3, -0.25) is 9.69 Å². The third kappa shape index (κ3) is 4.09. The monoisotopic (exact) mass is 415 g/mol. The number of thioether (sulfide) groups is 1. The topological polar surface area (TPSA) is 44.4 Å². The highest BCUT2D eigenvalue weighted by Gasteiger charge is 2.17. The Kier molecular flexibility index (Phi) is 5.47. The first-order valence-corrected chi connectivity index (χ1v) is 11.5. The molecule has 3 aromatic carbocycles. The van der Waals surface area contributed by atoms with Gasteiger partial charge in [0.1, 0.15) is 0 Å². The fraction of sp³-hybridized carbons (Fsp3) is 0.240. The van der Waals surface area contributed by atoms with Crippen molar-refractivity contribution >= 4 is 29.0 Å². The predicted molar refractivity (Wildman–Crippen MR) is 125 cm³/mol. The van der Waals surface area contributed by atoms with E-state index in [4.69, 9.17) is 0 Å². The van der Waals surface area contributed by atoms with Crippen molar-refractivity contribution in [2.24, 2.45) is 0 Å². The molecule has 152 valence electrons. The maximum atomic E-state index is 13.0. The van der Waals surface area contributed by atoms with Gasteiger partial charge in [-0.2, -0.15) is 0 Å². The van der Waals surface area contributed by atoms with Crippen molar-refractivity contribution in [1.82, 2.24) is 4.90 Å². The average molecular weight is 416 g/mol. The quantitative estimate of drug-likeness (QED) is 0.563. The van der Waals surface area contributed by atoms with Crippen molar-refractivity contribution in [2.75, 3.05) is 29.6 Å². The molecule has 0 spiro atoms. The van der Waals surface area contributed by atoms with Crippen LogP contribution in [0.3, 0.4) is 0 Å². The van der Waals surface area contributed by atoms with Crippen molar-refractivity contribution < 1.29 is 4.79 Å². The molecular formula is C25H25N3OS. The minimum atomic E-state index is -0.0668. The molecule has 1 fully saturated rings. The number of fused-ring (bicyclic) bond motifs is 1. The van der Waals surface area contributed by atoms with E-state index >= 15 is 0 Å². The Morgan fingerprint density at radius 2 is 1.83 bits per heavy atom. The van der Waals surface area contributed by atoms with Crippen molar-refractivity contribution in [1.29, 1.82) is 0 Å². The standard InChI is InChI=1S/C25H25N3OS/c29-25(27-21-9-11-24-23(15-21)26-17-30-24)19-8-10-22(18-6-2-1-3-7-18)20(14-19)16-28-12-4-5-13-28/h1-3,6-11,14-15,26H,4-5,12-13,16-17H2,(H,27,29). The zero-order valence-corrected chi connectivity index (χ0v) is 17.7. The SMILES string of the molecule is O=C(Nc1ccc2c(c1)NCS2)c1ccc(-c2ccccc2)c(CN2CCCC2)c1. The number of nitrogens with zero attached hydrogens (tertiary/aromatic N) is 1. The van der Waals surface area contributed by atoms with Gasteiger partial charge in [0.25, 0.3) is 5.91 Å². The van der Waals surface area contributed by atoms with Gasteiger partial charge in [0.15, 0.2) is 0 Å². The smallest absolute Gasteiger partial charge is 0.255 e. The van der Waals surface area contributed by atoms with Gasteiger partial charge in [-0.15, -0.1) is 11.8 Å². The number of hydrogen-bond donors (Lipinski definition) is 2. The molecule has 4 nitrogen and oxygen atoms in total. The van der Waals surface area contributed by atoms with Gasteiger partial charge in [0.05, 0.1) is 11.6 Å². The van der Waals surface area contributed by atoms with Gasteiger partial charge in [-0.25, -0.2) is 0 Å². The van der Waals surface area contributed by atoms with Crippen LogP contribution in [0.1, 0.15) is 28.8 Å². The molecule has 2 N–H and O–H groups in total. The first-order valence-electron chi connectivity index (χ1n) is 10.5. The molecule has 0 saturated carbocycles.